The molecule has 0 radical (unpaired) electrons. The molecule has 0 bridgehead atoms. The number of nitrogens with zero attached hydrogens (tertiary/aromatic N) is 1. The zero-order valence-electron chi connectivity index (χ0n) is 13.5. The third kappa shape index (κ3) is 3.55. The summed E-state index contributed by atoms with van der Waals surface area (Å²) in [6.45, 7) is 5.83. The molecule has 7 heteroatoms. The molecule has 2 atom stereocenters. The molecule has 2 unspecified atom stereocenters. The summed E-state index contributed by atoms with van der Waals surface area (Å²) in [5, 5.41) is 12.0. The van der Waals surface area contributed by atoms with E-state index < -0.39 is 23.3 Å². The third-order valence-corrected chi connectivity index (χ3v) is 4.27. The highest BCUT2D eigenvalue weighted by Crippen LogP contribution is 2.30. The van der Waals surface area contributed by atoms with E-state index in [4.69, 9.17) is 4.42 Å². The fraction of sp³-hybridized carbons (Fsp3) is 0.562. The molecule has 1 aromatic rings. The van der Waals surface area contributed by atoms with Gasteiger partial charge in [0.15, 0.2) is 5.76 Å². The normalized spacial score (nSPS) is 22.2. The summed E-state index contributed by atoms with van der Waals surface area (Å²) in [5.41, 5.74) is -0.928. The van der Waals surface area contributed by atoms with Gasteiger partial charge in [0.1, 0.15) is 6.04 Å². The number of aliphatic carboxylic acids is 1. The van der Waals surface area contributed by atoms with Crippen molar-refractivity contribution in [3.63, 3.8) is 0 Å². The lowest BCUT2D eigenvalue weighted by molar-refractivity contribution is -0.147. The van der Waals surface area contributed by atoms with Crippen molar-refractivity contribution in [3.05, 3.63) is 24.2 Å². The van der Waals surface area contributed by atoms with E-state index in [0.29, 0.717) is 13.0 Å². The number of amides is 2. The van der Waals surface area contributed by atoms with Crippen LogP contribution in [0.1, 0.15) is 37.7 Å². The lowest BCUT2D eigenvalue weighted by Gasteiger charge is -2.27. The molecule has 1 fully saturated rings. The molecule has 1 aliphatic heterocycles. The first-order valence-corrected chi connectivity index (χ1v) is 7.61. The van der Waals surface area contributed by atoms with E-state index in [2.05, 4.69) is 5.32 Å². The highest BCUT2D eigenvalue weighted by Gasteiger charge is 2.44. The van der Waals surface area contributed by atoms with E-state index in [-0.39, 0.29) is 24.1 Å². The molecule has 0 saturated carbocycles. The van der Waals surface area contributed by atoms with E-state index in [1.807, 2.05) is 13.8 Å². The van der Waals surface area contributed by atoms with Crippen LogP contribution in [0.3, 0.4) is 0 Å². The Morgan fingerprint density at radius 1 is 1.39 bits per heavy atom. The van der Waals surface area contributed by atoms with Crippen LogP contribution in [0.15, 0.2) is 22.8 Å². The number of carbonyl (C=O) groups excluding carboxylic acids is 2. The molecular weight excluding hydrogens is 300 g/mol. The Labute approximate surface area is 134 Å². The number of hydrogen-bond donors (Lipinski definition) is 2. The molecule has 2 heterocycles. The zero-order chi connectivity index (χ0) is 17.2. The maximum atomic E-state index is 12.7. The quantitative estimate of drug-likeness (QED) is 0.852. The summed E-state index contributed by atoms with van der Waals surface area (Å²) >= 11 is 0. The van der Waals surface area contributed by atoms with Crippen LogP contribution >= 0.6 is 0 Å². The average Bonchev–Trinajstić information content (AvgIpc) is 3.13. The Morgan fingerprint density at radius 2 is 2.09 bits per heavy atom. The van der Waals surface area contributed by atoms with E-state index in [1.165, 1.54) is 17.2 Å². The van der Waals surface area contributed by atoms with Crippen LogP contribution in [0.5, 0.6) is 0 Å². The first-order valence-electron chi connectivity index (χ1n) is 7.61. The Kier molecular flexibility index (Phi) is 4.77. The number of furan rings is 1. The standard InChI is InChI=1S/C16H22N2O5/c1-10(2)12(17-13(19)11-5-4-8-23-11)14(20)18-7-6-16(3,9-18)15(21)22/h4-5,8,10,12H,6-7,9H2,1-3H3,(H,17,19)(H,21,22). The molecule has 1 aliphatic rings. The fourth-order valence-electron chi connectivity index (χ4n) is 2.65. The summed E-state index contributed by atoms with van der Waals surface area (Å²) in [6.07, 6.45) is 1.80. The number of nitrogens with one attached hydrogen (secondary N) is 1. The highest BCUT2D eigenvalue weighted by atomic mass is 16.4. The summed E-state index contributed by atoms with van der Waals surface area (Å²) in [6, 6.07) is 2.40. The number of carboxylic acids is 1. The summed E-state index contributed by atoms with van der Waals surface area (Å²) in [7, 11) is 0. The second kappa shape index (κ2) is 6.44. The maximum absolute atomic E-state index is 12.7. The lowest BCUT2D eigenvalue weighted by Crippen LogP contribution is -2.51. The van der Waals surface area contributed by atoms with Gasteiger partial charge in [-0.2, -0.15) is 0 Å². The van der Waals surface area contributed by atoms with Crippen LogP contribution in [0.2, 0.25) is 0 Å². The van der Waals surface area contributed by atoms with Crippen LogP contribution in [-0.4, -0.2) is 46.9 Å². The largest absolute Gasteiger partial charge is 0.481 e. The molecule has 0 spiro atoms. The molecule has 2 amide bonds. The number of carbonyl (C=O) groups is 3. The Balaban J connectivity index is 2.08. The smallest absolute Gasteiger partial charge is 0.311 e. The van der Waals surface area contributed by atoms with Gasteiger partial charge in [-0.05, 0) is 31.4 Å². The molecule has 2 rings (SSSR count). The van der Waals surface area contributed by atoms with E-state index in [0.717, 1.165) is 0 Å². The Bertz CT molecular complexity index is 596. The van der Waals surface area contributed by atoms with Crippen molar-refractivity contribution in [3.8, 4) is 0 Å². The van der Waals surface area contributed by atoms with Crippen LogP contribution in [0.25, 0.3) is 0 Å². The lowest BCUT2D eigenvalue weighted by atomic mass is 9.90. The van der Waals surface area contributed by atoms with Crippen molar-refractivity contribution in [1.29, 1.82) is 0 Å². The van der Waals surface area contributed by atoms with Crippen molar-refractivity contribution < 1.29 is 23.9 Å². The average molecular weight is 322 g/mol. The summed E-state index contributed by atoms with van der Waals surface area (Å²) < 4.78 is 5.03. The summed E-state index contributed by atoms with van der Waals surface area (Å²) in [5.74, 6) is -1.61. The molecule has 7 nitrogen and oxygen atoms in total. The molecule has 23 heavy (non-hydrogen) atoms. The van der Waals surface area contributed by atoms with Gasteiger partial charge in [0.25, 0.3) is 5.91 Å². The monoisotopic (exact) mass is 322 g/mol. The van der Waals surface area contributed by atoms with Crippen LogP contribution in [-0.2, 0) is 9.59 Å². The van der Waals surface area contributed by atoms with Crippen LogP contribution in [0, 0.1) is 11.3 Å². The van der Waals surface area contributed by atoms with E-state index in [1.54, 1.807) is 13.0 Å². The maximum Gasteiger partial charge on any atom is 0.311 e. The second-order valence-corrected chi connectivity index (χ2v) is 6.55. The van der Waals surface area contributed by atoms with Gasteiger partial charge in [0, 0.05) is 13.1 Å². The molecule has 126 valence electrons. The van der Waals surface area contributed by atoms with E-state index in [9.17, 15) is 19.5 Å². The SMILES string of the molecule is CC(C)C(NC(=O)c1ccco1)C(=O)N1CCC(C)(C(=O)O)C1. The molecule has 1 saturated heterocycles. The van der Waals surface area contributed by atoms with Crippen molar-refractivity contribution in [2.24, 2.45) is 11.3 Å². The van der Waals surface area contributed by atoms with Crippen molar-refractivity contribution in [1.82, 2.24) is 10.2 Å². The van der Waals surface area contributed by atoms with Gasteiger partial charge >= 0.3 is 5.97 Å². The number of rotatable bonds is 5. The predicted octanol–water partition coefficient (Wildman–Crippen LogP) is 1.36. The molecular formula is C16H22N2O5. The Hall–Kier alpha value is -2.31. The topological polar surface area (TPSA) is 99.9 Å². The second-order valence-electron chi connectivity index (χ2n) is 6.55. The minimum absolute atomic E-state index is 0.127. The number of hydrogen-bond acceptors (Lipinski definition) is 4. The van der Waals surface area contributed by atoms with Gasteiger partial charge in [0.2, 0.25) is 5.91 Å². The van der Waals surface area contributed by atoms with Gasteiger partial charge in [-0.1, -0.05) is 13.8 Å². The fourth-order valence-corrected chi connectivity index (χ4v) is 2.65. The summed E-state index contributed by atoms with van der Waals surface area (Å²) in [4.78, 5) is 37.6. The van der Waals surface area contributed by atoms with Crippen molar-refractivity contribution in [2.45, 2.75) is 33.2 Å². The van der Waals surface area contributed by atoms with Crippen molar-refractivity contribution in [2.75, 3.05) is 13.1 Å². The first kappa shape index (κ1) is 17.1. The van der Waals surface area contributed by atoms with Crippen LogP contribution < -0.4 is 5.32 Å². The van der Waals surface area contributed by atoms with Gasteiger partial charge in [0.05, 0.1) is 11.7 Å². The molecule has 1 aromatic heterocycles. The highest BCUT2D eigenvalue weighted by molar-refractivity contribution is 5.95. The predicted molar refractivity (Wildman–Crippen MR) is 81.7 cm³/mol. The zero-order valence-corrected chi connectivity index (χ0v) is 13.5. The van der Waals surface area contributed by atoms with Gasteiger partial charge in [-0.3, -0.25) is 14.4 Å². The van der Waals surface area contributed by atoms with Gasteiger partial charge in [-0.15, -0.1) is 0 Å². The number of likely N-dealkylation sites (tertiary alicyclic amines) is 1. The minimum Gasteiger partial charge on any atom is -0.481 e. The molecule has 0 aliphatic carbocycles. The minimum atomic E-state index is -0.928. The Morgan fingerprint density at radius 3 is 2.57 bits per heavy atom. The van der Waals surface area contributed by atoms with Crippen LogP contribution in [0.4, 0.5) is 0 Å². The van der Waals surface area contributed by atoms with Gasteiger partial charge < -0.3 is 19.7 Å². The first-order chi connectivity index (χ1) is 10.7. The third-order valence-electron chi connectivity index (χ3n) is 4.27. The van der Waals surface area contributed by atoms with Crippen molar-refractivity contribution >= 4 is 17.8 Å². The van der Waals surface area contributed by atoms with E-state index >= 15 is 0 Å². The molecule has 2 N–H and O–H groups in total. The van der Waals surface area contributed by atoms with Gasteiger partial charge in [-0.25, -0.2) is 0 Å². The molecule has 0 aromatic carbocycles. The number of carboxylic acid groups (broad SMARTS) is 1.